The molecule has 3 aliphatic rings. The van der Waals surface area contributed by atoms with Gasteiger partial charge in [-0.25, -0.2) is 0 Å². The van der Waals surface area contributed by atoms with E-state index in [0.29, 0.717) is 12.5 Å². The molecule has 1 aromatic heterocycles. The van der Waals surface area contributed by atoms with E-state index >= 15 is 0 Å². The van der Waals surface area contributed by atoms with E-state index in [0.717, 1.165) is 65.8 Å². The quantitative estimate of drug-likeness (QED) is 0.555. The minimum Gasteiger partial charge on any atom is -0.342 e. The van der Waals surface area contributed by atoms with Crippen LogP contribution in [0.25, 0.3) is 22.0 Å². The molecule has 1 saturated carbocycles. The molecule has 2 amide bonds. The number of benzene rings is 2. The smallest absolute Gasteiger partial charge is 0.255 e. The van der Waals surface area contributed by atoms with Crippen molar-refractivity contribution in [1.82, 2.24) is 14.8 Å². The molecule has 1 aliphatic carbocycles. The van der Waals surface area contributed by atoms with Gasteiger partial charge in [0.15, 0.2) is 0 Å². The fourth-order valence-electron chi connectivity index (χ4n) is 5.28. The minimum atomic E-state index is -0.776. The summed E-state index contributed by atoms with van der Waals surface area (Å²) in [6.45, 7) is 5.90. The van der Waals surface area contributed by atoms with Crippen LogP contribution in [-0.2, 0) is 9.59 Å². The Morgan fingerprint density at radius 3 is 2.51 bits per heavy atom. The fraction of sp³-hybridized carbons (Fsp3) is 0.379. The van der Waals surface area contributed by atoms with Gasteiger partial charge in [0.1, 0.15) is 11.4 Å². The van der Waals surface area contributed by atoms with Crippen molar-refractivity contribution in [3.8, 4) is 11.1 Å². The third-order valence-corrected chi connectivity index (χ3v) is 7.45. The van der Waals surface area contributed by atoms with Crippen molar-refractivity contribution in [3.05, 3.63) is 66.4 Å². The van der Waals surface area contributed by atoms with E-state index in [1.54, 1.807) is 0 Å². The predicted octanol–water partition coefficient (Wildman–Crippen LogP) is 4.53. The van der Waals surface area contributed by atoms with Crippen molar-refractivity contribution in [2.75, 3.05) is 19.6 Å². The molecule has 2 fully saturated rings. The van der Waals surface area contributed by atoms with Gasteiger partial charge >= 0.3 is 0 Å². The Kier molecular flexibility index (Phi) is 5.20. The Bertz CT molecular complexity index is 1340. The highest BCUT2D eigenvalue weighted by molar-refractivity contribution is 6.15. The Morgan fingerprint density at radius 2 is 1.74 bits per heavy atom. The minimum absolute atomic E-state index is 0.0329. The third-order valence-electron chi connectivity index (χ3n) is 7.45. The van der Waals surface area contributed by atoms with E-state index in [4.69, 9.17) is 4.99 Å². The molecule has 178 valence electrons. The molecule has 2 aromatic carbocycles. The topological polar surface area (TPSA) is 65.9 Å². The second-order valence-corrected chi connectivity index (χ2v) is 10.6. The highest BCUT2D eigenvalue weighted by Crippen LogP contribution is 2.34. The first kappa shape index (κ1) is 22.0. The van der Waals surface area contributed by atoms with Gasteiger partial charge in [0.2, 0.25) is 5.91 Å². The van der Waals surface area contributed by atoms with Crippen molar-refractivity contribution >= 4 is 28.6 Å². The van der Waals surface area contributed by atoms with Crippen LogP contribution in [0, 0.1) is 11.8 Å². The van der Waals surface area contributed by atoms with Crippen molar-refractivity contribution in [1.29, 1.82) is 0 Å². The molecular formula is C29H30N4O2. The molecule has 35 heavy (non-hydrogen) atoms. The van der Waals surface area contributed by atoms with Crippen molar-refractivity contribution in [2.24, 2.45) is 16.8 Å². The van der Waals surface area contributed by atoms with E-state index in [-0.39, 0.29) is 17.7 Å². The second-order valence-electron chi connectivity index (χ2n) is 10.6. The number of aliphatic imine (C=N–C) groups is 1. The summed E-state index contributed by atoms with van der Waals surface area (Å²) in [5.74, 6) is 1.60. The van der Waals surface area contributed by atoms with E-state index in [9.17, 15) is 9.59 Å². The van der Waals surface area contributed by atoms with Crippen LogP contribution in [0.15, 0.2) is 65.8 Å². The zero-order valence-corrected chi connectivity index (χ0v) is 20.3. The number of hydrogen-bond donors (Lipinski definition) is 0. The van der Waals surface area contributed by atoms with Crippen molar-refractivity contribution in [2.45, 2.75) is 38.6 Å². The van der Waals surface area contributed by atoms with Crippen LogP contribution in [-0.4, -0.2) is 57.6 Å². The number of fused-ring (bicyclic) bond motifs is 1. The standard InChI is InChI=1S/C29H30N4O2/c1-29(2)28(35)33(18-19-13-15-32(17-19)27(34)22-9-10-22)26(31-29)21-7-5-20(6-8-21)23-11-12-25-24(16-23)4-3-14-30-25/h3-8,11-12,14,16,19,22H,9-10,13,15,17-18H2,1-2H3/t19-/m1/s1. The van der Waals surface area contributed by atoms with Crippen LogP contribution >= 0.6 is 0 Å². The first-order valence-electron chi connectivity index (χ1n) is 12.6. The van der Waals surface area contributed by atoms with Crippen molar-refractivity contribution in [3.63, 3.8) is 0 Å². The number of pyridine rings is 1. The molecule has 2 aliphatic heterocycles. The highest BCUT2D eigenvalue weighted by Gasteiger charge is 2.43. The second kappa shape index (κ2) is 8.29. The summed E-state index contributed by atoms with van der Waals surface area (Å²) in [6.07, 6.45) is 4.80. The number of nitrogens with zero attached hydrogens (tertiary/aromatic N) is 4. The number of rotatable bonds is 5. The fourth-order valence-corrected chi connectivity index (χ4v) is 5.28. The van der Waals surface area contributed by atoms with Gasteiger partial charge < -0.3 is 4.90 Å². The lowest BCUT2D eigenvalue weighted by Gasteiger charge is -2.24. The van der Waals surface area contributed by atoms with Crippen LogP contribution in [0.2, 0.25) is 0 Å². The summed E-state index contributed by atoms with van der Waals surface area (Å²) >= 11 is 0. The summed E-state index contributed by atoms with van der Waals surface area (Å²) in [5.41, 5.74) is 3.39. The van der Waals surface area contributed by atoms with Crippen LogP contribution < -0.4 is 0 Å². The van der Waals surface area contributed by atoms with Gasteiger partial charge in [-0.1, -0.05) is 36.4 Å². The van der Waals surface area contributed by atoms with Gasteiger partial charge in [0, 0.05) is 42.7 Å². The highest BCUT2D eigenvalue weighted by atomic mass is 16.2. The van der Waals surface area contributed by atoms with Crippen LogP contribution in [0.5, 0.6) is 0 Å². The summed E-state index contributed by atoms with van der Waals surface area (Å²) in [6, 6.07) is 18.6. The lowest BCUT2D eigenvalue weighted by Crippen LogP contribution is -2.42. The largest absolute Gasteiger partial charge is 0.342 e. The average molecular weight is 467 g/mol. The molecule has 1 atom stereocenters. The number of amidine groups is 1. The lowest BCUT2D eigenvalue weighted by molar-refractivity contribution is -0.131. The molecular weight excluding hydrogens is 436 g/mol. The van der Waals surface area contributed by atoms with Crippen LogP contribution in [0.3, 0.4) is 0 Å². The number of carbonyl (C=O) groups excluding carboxylic acids is 2. The molecule has 0 bridgehead atoms. The van der Waals surface area contributed by atoms with E-state index in [1.807, 2.05) is 42.0 Å². The Morgan fingerprint density at radius 1 is 1.00 bits per heavy atom. The number of amides is 2. The maximum absolute atomic E-state index is 13.3. The molecule has 3 heterocycles. The predicted molar refractivity (Wildman–Crippen MR) is 137 cm³/mol. The summed E-state index contributed by atoms with van der Waals surface area (Å²) < 4.78 is 0. The zero-order chi connectivity index (χ0) is 24.2. The summed E-state index contributed by atoms with van der Waals surface area (Å²) in [5, 5.41) is 1.11. The summed E-state index contributed by atoms with van der Waals surface area (Å²) in [4.78, 5) is 38.8. The summed E-state index contributed by atoms with van der Waals surface area (Å²) in [7, 11) is 0. The Hall–Kier alpha value is -3.54. The molecule has 0 unspecified atom stereocenters. The van der Waals surface area contributed by atoms with Gasteiger partial charge in [-0.3, -0.25) is 24.5 Å². The molecule has 1 saturated heterocycles. The number of likely N-dealkylation sites (tertiary alicyclic amines) is 1. The lowest BCUT2D eigenvalue weighted by atomic mass is 10.0. The maximum atomic E-state index is 13.3. The first-order valence-corrected chi connectivity index (χ1v) is 12.6. The molecule has 3 aromatic rings. The Balaban J connectivity index is 1.22. The molecule has 6 rings (SSSR count). The van der Waals surface area contributed by atoms with Gasteiger partial charge in [0.25, 0.3) is 5.91 Å². The third kappa shape index (κ3) is 4.11. The molecule has 6 heteroatoms. The normalized spacial score (nSPS) is 21.6. The SMILES string of the molecule is CC1(C)N=C(c2ccc(-c3ccc4ncccc4c3)cc2)N(C[C@@H]2CCN(C(=O)C3CC3)C2)C1=O. The van der Waals surface area contributed by atoms with Gasteiger partial charge in [-0.05, 0) is 68.4 Å². The zero-order valence-electron chi connectivity index (χ0n) is 20.3. The van der Waals surface area contributed by atoms with Gasteiger partial charge in [-0.15, -0.1) is 0 Å². The number of carbonyl (C=O) groups is 2. The number of hydrogen-bond acceptors (Lipinski definition) is 4. The van der Waals surface area contributed by atoms with Crippen LogP contribution in [0.1, 0.15) is 38.7 Å². The average Bonchev–Trinajstić information content (AvgIpc) is 3.58. The van der Waals surface area contributed by atoms with Gasteiger partial charge in [-0.2, -0.15) is 0 Å². The first-order chi connectivity index (χ1) is 16.9. The van der Waals surface area contributed by atoms with Crippen LogP contribution in [0.4, 0.5) is 0 Å². The maximum Gasteiger partial charge on any atom is 0.255 e. The monoisotopic (exact) mass is 466 g/mol. The molecule has 0 radical (unpaired) electrons. The van der Waals surface area contributed by atoms with E-state index < -0.39 is 5.54 Å². The Labute approximate surface area is 205 Å². The molecule has 0 spiro atoms. The molecule has 6 nitrogen and oxygen atoms in total. The van der Waals surface area contributed by atoms with E-state index in [1.165, 1.54) is 0 Å². The number of aromatic nitrogens is 1. The van der Waals surface area contributed by atoms with Gasteiger partial charge in [0.05, 0.1) is 5.52 Å². The molecule has 0 N–H and O–H groups in total. The van der Waals surface area contributed by atoms with E-state index in [2.05, 4.69) is 47.4 Å². The van der Waals surface area contributed by atoms with Crippen molar-refractivity contribution < 1.29 is 9.59 Å².